The van der Waals surface area contributed by atoms with Crippen molar-refractivity contribution in [3.8, 4) is 0 Å². The maximum Gasteiger partial charge on any atom is 0.0664 e. The molecule has 0 amide bonds. The van der Waals surface area contributed by atoms with Crippen molar-refractivity contribution in [1.82, 2.24) is 5.32 Å². The highest BCUT2D eigenvalue weighted by atomic mass is 16.5. The van der Waals surface area contributed by atoms with Crippen molar-refractivity contribution in [3.63, 3.8) is 0 Å². The summed E-state index contributed by atoms with van der Waals surface area (Å²) in [6.45, 7) is 7.78. The van der Waals surface area contributed by atoms with Crippen LogP contribution in [0, 0.1) is 5.41 Å². The summed E-state index contributed by atoms with van der Waals surface area (Å²) in [7, 11) is 0. The van der Waals surface area contributed by atoms with Crippen LogP contribution in [-0.2, 0) is 4.74 Å². The van der Waals surface area contributed by atoms with E-state index >= 15 is 0 Å². The van der Waals surface area contributed by atoms with Gasteiger partial charge in [0.25, 0.3) is 0 Å². The first-order valence-electron chi connectivity index (χ1n) is 8.08. The lowest BCUT2D eigenvalue weighted by Crippen LogP contribution is -2.64. The third kappa shape index (κ3) is 2.91. The maximum atomic E-state index is 6.21. The highest BCUT2D eigenvalue weighted by molar-refractivity contribution is 5.08. The third-order valence-electron chi connectivity index (χ3n) is 4.90. The van der Waals surface area contributed by atoms with Crippen LogP contribution in [0.3, 0.4) is 0 Å². The molecule has 2 aliphatic carbocycles. The fourth-order valence-electron chi connectivity index (χ4n) is 3.93. The van der Waals surface area contributed by atoms with Gasteiger partial charge in [-0.05, 0) is 46.1 Å². The molecular formula is C16H31NO. The van der Waals surface area contributed by atoms with Gasteiger partial charge in [-0.1, -0.05) is 32.6 Å². The molecule has 2 rings (SSSR count). The van der Waals surface area contributed by atoms with E-state index in [4.69, 9.17) is 4.74 Å². The summed E-state index contributed by atoms with van der Waals surface area (Å²) in [5.41, 5.74) is 0.468. The molecule has 0 bridgehead atoms. The summed E-state index contributed by atoms with van der Waals surface area (Å²) in [5.74, 6) is 0. The SMILES string of the molecule is CCCNC1CC(OC(C)C)C12CCCCCC2. The van der Waals surface area contributed by atoms with Crippen molar-refractivity contribution >= 4 is 0 Å². The molecule has 106 valence electrons. The zero-order chi connectivity index (χ0) is 13.0. The second-order valence-electron chi connectivity index (χ2n) is 6.56. The monoisotopic (exact) mass is 253 g/mol. The van der Waals surface area contributed by atoms with E-state index in [1.54, 1.807) is 0 Å². The summed E-state index contributed by atoms with van der Waals surface area (Å²) in [6, 6.07) is 0.722. The van der Waals surface area contributed by atoms with Gasteiger partial charge >= 0.3 is 0 Å². The maximum absolute atomic E-state index is 6.21. The lowest BCUT2D eigenvalue weighted by molar-refractivity contribution is -0.161. The predicted octanol–water partition coefficient (Wildman–Crippen LogP) is 3.89. The zero-order valence-corrected chi connectivity index (χ0v) is 12.5. The first-order valence-corrected chi connectivity index (χ1v) is 8.08. The second-order valence-corrected chi connectivity index (χ2v) is 6.56. The van der Waals surface area contributed by atoms with Crippen molar-refractivity contribution in [2.24, 2.45) is 5.41 Å². The van der Waals surface area contributed by atoms with Gasteiger partial charge in [-0.25, -0.2) is 0 Å². The summed E-state index contributed by atoms with van der Waals surface area (Å²) in [4.78, 5) is 0. The summed E-state index contributed by atoms with van der Waals surface area (Å²) >= 11 is 0. The molecule has 2 aliphatic rings. The molecule has 0 saturated heterocycles. The van der Waals surface area contributed by atoms with Gasteiger partial charge in [0, 0.05) is 11.5 Å². The minimum absolute atomic E-state index is 0.377. The molecule has 2 nitrogen and oxygen atoms in total. The van der Waals surface area contributed by atoms with Crippen LogP contribution in [0.15, 0.2) is 0 Å². The normalized spacial score (nSPS) is 31.3. The summed E-state index contributed by atoms with van der Waals surface area (Å²) in [5, 5.41) is 3.78. The molecule has 0 aromatic heterocycles. The van der Waals surface area contributed by atoms with Crippen LogP contribution < -0.4 is 5.32 Å². The molecule has 0 heterocycles. The standard InChI is InChI=1S/C16H31NO/c1-4-11-17-14-12-15(18-13(2)3)16(14)9-7-5-6-8-10-16/h13-15,17H,4-12H2,1-3H3. The van der Waals surface area contributed by atoms with E-state index < -0.39 is 0 Å². The quantitative estimate of drug-likeness (QED) is 0.802. The molecule has 2 atom stereocenters. The van der Waals surface area contributed by atoms with Crippen LogP contribution in [0.5, 0.6) is 0 Å². The molecule has 2 unspecified atom stereocenters. The lowest BCUT2D eigenvalue weighted by atomic mass is 9.57. The van der Waals surface area contributed by atoms with E-state index in [9.17, 15) is 0 Å². The van der Waals surface area contributed by atoms with Gasteiger partial charge in [0.1, 0.15) is 0 Å². The Kier molecular flexibility index (Phi) is 5.08. The highest BCUT2D eigenvalue weighted by Gasteiger charge is 2.54. The van der Waals surface area contributed by atoms with Gasteiger partial charge in [-0.15, -0.1) is 0 Å². The topological polar surface area (TPSA) is 21.3 Å². The Balaban J connectivity index is 2.00. The van der Waals surface area contributed by atoms with Gasteiger partial charge in [0.2, 0.25) is 0 Å². The Morgan fingerprint density at radius 3 is 2.39 bits per heavy atom. The van der Waals surface area contributed by atoms with E-state index in [1.807, 2.05) is 0 Å². The van der Waals surface area contributed by atoms with Gasteiger partial charge in [0.15, 0.2) is 0 Å². The van der Waals surface area contributed by atoms with Crippen LogP contribution in [-0.4, -0.2) is 24.8 Å². The minimum Gasteiger partial charge on any atom is -0.375 e. The van der Waals surface area contributed by atoms with Crippen molar-refractivity contribution in [2.45, 2.75) is 90.4 Å². The number of ether oxygens (including phenoxy) is 1. The Morgan fingerprint density at radius 2 is 1.83 bits per heavy atom. The number of rotatable bonds is 5. The van der Waals surface area contributed by atoms with E-state index in [0.717, 1.165) is 6.04 Å². The van der Waals surface area contributed by atoms with Gasteiger partial charge < -0.3 is 10.1 Å². The fourth-order valence-corrected chi connectivity index (χ4v) is 3.93. The molecule has 1 N–H and O–H groups in total. The molecule has 0 aromatic rings. The van der Waals surface area contributed by atoms with Crippen molar-refractivity contribution < 1.29 is 4.74 Å². The van der Waals surface area contributed by atoms with Crippen LogP contribution in [0.25, 0.3) is 0 Å². The average molecular weight is 253 g/mol. The molecule has 0 aliphatic heterocycles. The minimum atomic E-state index is 0.377. The van der Waals surface area contributed by atoms with Crippen LogP contribution in [0.2, 0.25) is 0 Å². The molecule has 18 heavy (non-hydrogen) atoms. The number of hydrogen-bond donors (Lipinski definition) is 1. The predicted molar refractivity (Wildman–Crippen MR) is 76.8 cm³/mol. The Hall–Kier alpha value is -0.0800. The molecule has 2 heteroatoms. The smallest absolute Gasteiger partial charge is 0.0664 e. The van der Waals surface area contributed by atoms with E-state index in [-0.39, 0.29) is 0 Å². The van der Waals surface area contributed by atoms with Gasteiger partial charge in [-0.2, -0.15) is 0 Å². The lowest BCUT2D eigenvalue weighted by Gasteiger charge is -2.56. The third-order valence-corrected chi connectivity index (χ3v) is 4.90. The first-order chi connectivity index (χ1) is 8.69. The number of nitrogens with one attached hydrogen (secondary N) is 1. The van der Waals surface area contributed by atoms with Gasteiger partial charge in [-0.3, -0.25) is 0 Å². The first kappa shape index (κ1) is 14.3. The molecule has 0 radical (unpaired) electrons. The molecular weight excluding hydrogens is 222 g/mol. The Bertz CT molecular complexity index is 243. The van der Waals surface area contributed by atoms with Gasteiger partial charge in [0.05, 0.1) is 12.2 Å². The fraction of sp³-hybridized carbons (Fsp3) is 1.00. The Labute approximate surface area is 113 Å². The molecule has 1 spiro atoms. The molecule has 2 saturated carbocycles. The average Bonchev–Trinajstić information content (AvgIpc) is 2.60. The zero-order valence-electron chi connectivity index (χ0n) is 12.5. The van der Waals surface area contributed by atoms with E-state index in [1.165, 1.54) is 57.9 Å². The second kappa shape index (κ2) is 6.38. The van der Waals surface area contributed by atoms with Crippen molar-refractivity contribution in [1.29, 1.82) is 0 Å². The van der Waals surface area contributed by atoms with Crippen molar-refractivity contribution in [3.05, 3.63) is 0 Å². The summed E-state index contributed by atoms with van der Waals surface area (Å²) < 4.78 is 6.21. The van der Waals surface area contributed by atoms with E-state index in [2.05, 4.69) is 26.1 Å². The van der Waals surface area contributed by atoms with Crippen LogP contribution >= 0.6 is 0 Å². The largest absolute Gasteiger partial charge is 0.375 e. The molecule has 0 aromatic carbocycles. The van der Waals surface area contributed by atoms with Crippen LogP contribution in [0.1, 0.15) is 72.1 Å². The van der Waals surface area contributed by atoms with Crippen LogP contribution in [0.4, 0.5) is 0 Å². The molecule has 2 fully saturated rings. The van der Waals surface area contributed by atoms with Crippen molar-refractivity contribution in [2.75, 3.05) is 6.54 Å². The highest BCUT2D eigenvalue weighted by Crippen LogP contribution is 2.52. The van der Waals surface area contributed by atoms with E-state index in [0.29, 0.717) is 17.6 Å². The Morgan fingerprint density at radius 1 is 1.17 bits per heavy atom. The summed E-state index contributed by atoms with van der Waals surface area (Å²) in [6.07, 6.45) is 11.8. The number of hydrogen-bond acceptors (Lipinski definition) is 2.